The summed E-state index contributed by atoms with van der Waals surface area (Å²) in [6.07, 6.45) is 2.88. The zero-order valence-electron chi connectivity index (χ0n) is 19.5. The van der Waals surface area contributed by atoms with Crippen molar-refractivity contribution < 1.29 is 19.6 Å². The molecule has 1 saturated heterocycles. The molecule has 196 valence electrons. The number of hydrogen-bond donors (Lipinski definition) is 1. The number of Topliss-reactive ketones (excluding diaryl/α,β-unsaturated/α-hetero) is 1. The molecule has 0 aliphatic carbocycles. The highest BCUT2D eigenvalue weighted by atomic mass is 35.5. The summed E-state index contributed by atoms with van der Waals surface area (Å²) < 4.78 is 0.509. The molecule has 0 bridgehead atoms. The second kappa shape index (κ2) is 11.1. The Hall–Kier alpha value is -3.84. The van der Waals surface area contributed by atoms with E-state index in [-0.39, 0.29) is 22.0 Å². The van der Waals surface area contributed by atoms with Gasteiger partial charge in [0.25, 0.3) is 11.5 Å². The number of pyridine rings is 1. The molecule has 4 aromatic rings. The van der Waals surface area contributed by atoms with Gasteiger partial charge in [-0.25, -0.2) is 0 Å². The number of amides is 1. The molecule has 10 nitrogen and oxygen atoms in total. The Balaban J connectivity index is 1.53. The monoisotopic (exact) mass is 599 g/mol. The lowest BCUT2D eigenvalue weighted by Crippen LogP contribution is -2.29. The topological polar surface area (TPSA) is 139 Å². The molecule has 1 fully saturated rings. The Labute approximate surface area is 239 Å². The molecule has 1 aliphatic heterocycles. The average molecular weight is 600 g/mol. The Bertz CT molecular complexity index is 1630. The molecule has 1 aliphatic rings. The molecule has 2 aromatic heterocycles. The quantitative estimate of drug-likeness (QED) is 0.0509. The minimum atomic E-state index is -1.10. The van der Waals surface area contributed by atoms with Crippen LogP contribution in [0.3, 0.4) is 0 Å². The number of non-ortho nitro benzene ring substituents is 1. The maximum absolute atomic E-state index is 13.3. The van der Waals surface area contributed by atoms with Crippen LogP contribution in [0, 0.1) is 10.1 Å². The standard InChI is InChI=1S/C25H15Cl2N5O5S2/c26-16-4-1-15(18(27)11-16)12-38-25-30-29-24(39-25)31-20(13-2-5-17(6-3-13)32(36)37)19(22(34)23(31)35)21(33)14-7-9-28-10-8-14/h1-11,20,33H,12H2. The number of benzene rings is 2. The van der Waals surface area contributed by atoms with Crippen LogP contribution in [0.1, 0.15) is 22.7 Å². The van der Waals surface area contributed by atoms with Crippen LogP contribution in [-0.4, -0.2) is 36.9 Å². The third-order valence-corrected chi connectivity index (χ3v) is 8.48. The zero-order valence-corrected chi connectivity index (χ0v) is 22.7. The molecule has 0 saturated carbocycles. The molecular weight excluding hydrogens is 585 g/mol. The highest BCUT2D eigenvalue weighted by molar-refractivity contribution is 8.00. The van der Waals surface area contributed by atoms with Crippen molar-refractivity contribution in [1.82, 2.24) is 15.2 Å². The number of carbonyl (C=O) groups is 2. The van der Waals surface area contributed by atoms with Crippen molar-refractivity contribution >= 4 is 74.6 Å². The first-order valence-corrected chi connectivity index (χ1v) is 13.7. The van der Waals surface area contributed by atoms with Crippen molar-refractivity contribution in [2.45, 2.75) is 16.1 Å². The second-order valence-corrected chi connectivity index (χ2v) is 11.2. The van der Waals surface area contributed by atoms with E-state index < -0.39 is 28.4 Å². The minimum Gasteiger partial charge on any atom is -0.507 e. The number of aromatic nitrogens is 3. The van der Waals surface area contributed by atoms with Gasteiger partial charge in [-0.15, -0.1) is 10.2 Å². The van der Waals surface area contributed by atoms with Crippen molar-refractivity contribution in [2.24, 2.45) is 0 Å². The number of aliphatic hydroxyl groups excluding tert-OH is 1. The number of halogens is 2. The van der Waals surface area contributed by atoms with E-state index in [1.54, 1.807) is 18.2 Å². The molecule has 2 aromatic carbocycles. The van der Waals surface area contributed by atoms with Crippen LogP contribution in [0.15, 0.2) is 76.9 Å². The van der Waals surface area contributed by atoms with Gasteiger partial charge in [0.1, 0.15) is 5.76 Å². The predicted octanol–water partition coefficient (Wildman–Crippen LogP) is 6.07. The van der Waals surface area contributed by atoms with Gasteiger partial charge in [0, 0.05) is 45.9 Å². The molecule has 1 amide bonds. The van der Waals surface area contributed by atoms with E-state index in [0.29, 0.717) is 25.7 Å². The summed E-state index contributed by atoms with van der Waals surface area (Å²) in [5.41, 5.74) is 1.13. The van der Waals surface area contributed by atoms with Crippen molar-refractivity contribution in [3.8, 4) is 0 Å². The van der Waals surface area contributed by atoms with E-state index in [1.165, 1.54) is 60.6 Å². The van der Waals surface area contributed by atoms with Crippen LogP contribution < -0.4 is 4.90 Å². The molecule has 5 rings (SSSR count). The number of thioether (sulfide) groups is 1. The number of anilines is 1. The fraction of sp³-hybridized carbons (Fsp3) is 0.0800. The number of carbonyl (C=O) groups excluding carboxylic acids is 2. The summed E-state index contributed by atoms with van der Waals surface area (Å²) >= 11 is 14.6. The van der Waals surface area contributed by atoms with Crippen molar-refractivity contribution in [1.29, 1.82) is 0 Å². The Morgan fingerprint density at radius 3 is 2.46 bits per heavy atom. The van der Waals surface area contributed by atoms with E-state index in [0.717, 1.165) is 21.8 Å². The largest absolute Gasteiger partial charge is 0.507 e. The van der Waals surface area contributed by atoms with E-state index in [4.69, 9.17) is 23.2 Å². The molecule has 1 atom stereocenters. The van der Waals surface area contributed by atoms with Gasteiger partial charge >= 0.3 is 5.91 Å². The number of nitrogens with zero attached hydrogens (tertiary/aromatic N) is 5. The Morgan fingerprint density at radius 1 is 1.08 bits per heavy atom. The third-order valence-electron chi connectivity index (χ3n) is 5.79. The summed E-state index contributed by atoms with van der Waals surface area (Å²) in [6, 6.07) is 12.4. The van der Waals surface area contributed by atoms with Crippen LogP contribution >= 0.6 is 46.3 Å². The van der Waals surface area contributed by atoms with E-state index in [2.05, 4.69) is 15.2 Å². The Kier molecular flexibility index (Phi) is 7.62. The second-order valence-electron chi connectivity index (χ2n) is 8.13. The van der Waals surface area contributed by atoms with Gasteiger partial charge in [-0.2, -0.15) is 0 Å². The summed E-state index contributed by atoms with van der Waals surface area (Å²) in [6.45, 7) is 0. The van der Waals surface area contributed by atoms with Crippen molar-refractivity contribution in [3.05, 3.63) is 109 Å². The summed E-state index contributed by atoms with van der Waals surface area (Å²) in [5, 5.41) is 31.7. The summed E-state index contributed by atoms with van der Waals surface area (Å²) in [5.74, 6) is -1.79. The highest BCUT2D eigenvalue weighted by Crippen LogP contribution is 2.44. The van der Waals surface area contributed by atoms with Gasteiger partial charge in [0.05, 0.1) is 16.5 Å². The first-order valence-electron chi connectivity index (χ1n) is 11.1. The van der Waals surface area contributed by atoms with Crippen LogP contribution in [0.4, 0.5) is 10.8 Å². The molecule has 1 unspecified atom stereocenters. The zero-order chi connectivity index (χ0) is 27.7. The van der Waals surface area contributed by atoms with E-state index in [1.807, 2.05) is 0 Å². The molecular formula is C25H15Cl2N5O5S2. The molecule has 1 N–H and O–H groups in total. The predicted molar refractivity (Wildman–Crippen MR) is 148 cm³/mol. The molecule has 3 heterocycles. The normalized spacial score (nSPS) is 16.6. The van der Waals surface area contributed by atoms with Gasteiger partial charge in [0.2, 0.25) is 5.13 Å². The Morgan fingerprint density at radius 2 is 1.79 bits per heavy atom. The first-order chi connectivity index (χ1) is 18.7. The fourth-order valence-electron chi connectivity index (χ4n) is 3.93. The maximum atomic E-state index is 13.3. The molecule has 0 radical (unpaired) electrons. The summed E-state index contributed by atoms with van der Waals surface area (Å²) in [7, 11) is 0. The number of aliphatic hydroxyl groups is 1. The van der Waals surface area contributed by atoms with Crippen LogP contribution in [0.5, 0.6) is 0 Å². The smallest absolute Gasteiger partial charge is 0.301 e. The van der Waals surface area contributed by atoms with Crippen LogP contribution in [0.2, 0.25) is 10.0 Å². The molecule has 0 spiro atoms. The number of hydrogen-bond acceptors (Lipinski definition) is 10. The highest BCUT2D eigenvalue weighted by Gasteiger charge is 2.48. The van der Waals surface area contributed by atoms with Gasteiger partial charge in [-0.3, -0.25) is 29.6 Å². The number of nitro groups is 1. The molecule has 14 heteroatoms. The third kappa shape index (κ3) is 5.36. The summed E-state index contributed by atoms with van der Waals surface area (Å²) in [4.78, 5) is 42.2. The van der Waals surface area contributed by atoms with Crippen LogP contribution in [0.25, 0.3) is 5.76 Å². The van der Waals surface area contributed by atoms with Gasteiger partial charge in [-0.05, 0) is 47.5 Å². The van der Waals surface area contributed by atoms with E-state index >= 15 is 0 Å². The number of ketones is 1. The van der Waals surface area contributed by atoms with Gasteiger partial charge in [-0.1, -0.05) is 52.4 Å². The van der Waals surface area contributed by atoms with Gasteiger partial charge < -0.3 is 5.11 Å². The minimum absolute atomic E-state index is 0.124. The van der Waals surface area contributed by atoms with Crippen molar-refractivity contribution in [2.75, 3.05) is 4.90 Å². The lowest BCUT2D eigenvalue weighted by molar-refractivity contribution is -0.384. The maximum Gasteiger partial charge on any atom is 0.301 e. The average Bonchev–Trinajstić information content (AvgIpc) is 3.50. The van der Waals surface area contributed by atoms with Crippen LogP contribution in [-0.2, 0) is 15.3 Å². The SMILES string of the molecule is O=C1C(=O)N(c2nnc(SCc3ccc(Cl)cc3Cl)s2)C(c2ccc([N+](=O)[O-])cc2)C1=C(O)c1ccncc1. The van der Waals surface area contributed by atoms with Crippen molar-refractivity contribution in [3.63, 3.8) is 0 Å². The lowest BCUT2D eigenvalue weighted by Gasteiger charge is -2.22. The fourth-order valence-corrected chi connectivity index (χ4v) is 6.35. The van der Waals surface area contributed by atoms with E-state index in [9.17, 15) is 24.8 Å². The van der Waals surface area contributed by atoms with Gasteiger partial charge in [0.15, 0.2) is 4.34 Å². The molecule has 39 heavy (non-hydrogen) atoms. The number of rotatable bonds is 7. The lowest BCUT2D eigenvalue weighted by atomic mass is 9.95. The number of nitro benzene ring substituents is 1. The first kappa shape index (κ1) is 26.8.